The Morgan fingerprint density at radius 2 is 1.61 bits per heavy atom. The number of nitrogens with two attached hydrogens (primary N) is 1. The topological polar surface area (TPSA) is 29.3 Å². The zero-order valence-electron chi connectivity index (χ0n) is 12.1. The Balaban J connectivity index is 2.05. The smallest absolute Gasteiger partial charge is 0.0450 e. The highest BCUT2D eigenvalue weighted by Crippen LogP contribution is 2.28. The van der Waals surface area contributed by atoms with Crippen molar-refractivity contribution in [1.82, 2.24) is 4.90 Å². The maximum Gasteiger partial charge on any atom is 0.0450 e. The molecule has 0 aromatic heterocycles. The number of nitrogens with zero attached hydrogens (tertiary/aromatic N) is 1. The summed E-state index contributed by atoms with van der Waals surface area (Å²) < 4.78 is 0. The quantitative estimate of drug-likeness (QED) is 0.888. The van der Waals surface area contributed by atoms with Crippen molar-refractivity contribution >= 4 is 0 Å². The van der Waals surface area contributed by atoms with E-state index < -0.39 is 0 Å². The average Bonchev–Trinajstić information content (AvgIpc) is 2.69. The van der Waals surface area contributed by atoms with E-state index in [9.17, 15) is 0 Å². The molecule has 4 atom stereocenters. The molecule has 0 radical (unpaired) electrons. The summed E-state index contributed by atoms with van der Waals surface area (Å²) in [5.41, 5.74) is 8.96. The van der Waals surface area contributed by atoms with Gasteiger partial charge in [0.05, 0.1) is 0 Å². The lowest BCUT2D eigenvalue weighted by Gasteiger charge is -2.30. The third-order valence-electron chi connectivity index (χ3n) is 4.57. The number of likely N-dealkylation sites (tertiary alicyclic amines) is 1. The number of hydrogen-bond acceptors (Lipinski definition) is 2. The van der Waals surface area contributed by atoms with Gasteiger partial charge in [-0.25, -0.2) is 0 Å². The molecule has 2 N–H and O–H groups in total. The minimum Gasteiger partial charge on any atom is -0.323 e. The van der Waals surface area contributed by atoms with Crippen LogP contribution in [0.25, 0.3) is 0 Å². The van der Waals surface area contributed by atoms with Crippen molar-refractivity contribution in [2.45, 2.75) is 39.8 Å². The second-order valence-electron chi connectivity index (χ2n) is 6.09. The van der Waals surface area contributed by atoms with Gasteiger partial charge >= 0.3 is 0 Å². The van der Waals surface area contributed by atoms with Gasteiger partial charge in [0.15, 0.2) is 0 Å². The molecule has 1 aliphatic heterocycles. The first-order valence-corrected chi connectivity index (χ1v) is 7.05. The second-order valence-corrected chi connectivity index (χ2v) is 6.09. The molecule has 2 rings (SSSR count). The third kappa shape index (κ3) is 2.76. The highest BCUT2D eigenvalue weighted by Gasteiger charge is 2.31. The van der Waals surface area contributed by atoms with Crippen molar-refractivity contribution in [1.29, 1.82) is 0 Å². The van der Waals surface area contributed by atoms with Gasteiger partial charge in [-0.1, -0.05) is 43.7 Å². The van der Waals surface area contributed by atoms with E-state index in [0.29, 0.717) is 6.04 Å². The fourth-order valence-electron chi connectivity index (χ4n) is 2.80. The summed E-state index contributed by atoms with van der Waals surface area (Å²) in [7, 11) is 0. The first-order chi connectivity index (χ1) is 8.49. The van der Waals surface area contributed by atoms with E-state index in [4.69, 9.17) is 5.73 Å². The molecule has 0 amide bonds. The Kier molecular flexibility index (Phi) is 4.08. The highest BCUT2D eigenvalue weighted by atomic mass is 15.2. The Labute approximate surface area is 111 Å². The van der Waals surface area contributed by atoms with Crippen LogP contribution in [0.2, 0.25) is 0 Å². The molecule has 1 aliphatic rings. The average molecular weight is 246 g/mol. The summed E-state index contributed by atoms with van der Waals surface area (Å²) in [5, 5.41) is 0. The van der Waals surface area contributed by atoms with Gasteiger partial charge in [-0.15, -0.1) is 0 Å². The molecule has 1 aromatic carbocycles. The third-order valence-corrected chi connectivity index (χ3v) is 4.57. The van der Waals surface area contributed by atoms with Gasteiger partial charge in [-0.05, 0) is 31.2 Å². The van der Waals surface area contributed by atoms with Gasteiger partial charge in [-0.3, -0.25) is 4.90 Å². The lowest BCUT2D eigenvalue weighted by molar-refractivity contribution is 0.218. The summed E-state index contributed by atoms with van der Waals surface area (Å²) in [6, 6.07) is 9.16. The minimum atomic E-state index is 0.114. The first-order valence-electron chi connectivity index (χ1n) is 7.05. The maximum atomic E-state index is 6.42. The molecular weight excluding hydrogens is 220 g/mol. The molecule has 0 bridgehead atoms. The van der Waals surface area contributed by atoms with E-state index in [1.165, 1.54) is 24.2 Å². The standard InChI is InChI=1S/C16H26N2/c1-11-5-7-15(8-6-11)16(17)14(4)18-9-12(2)13(3)10-18/h5-8,12-14,16H,9-10,17H2,1-4H3. The van der Waals surface area contributed by atoms with Gasteiger partial charge in [0.1, 0.15) is 0 Å². The van der Waals surface area contributed by atoms with E-state index in [1.807, 2.05) is 0 Å². The van der Waals surface area contributed by atoms with Crippen LogP contribution in [0.3, 0.4) is 0 Å². The van der Waals surface area contributed by atoms with E-state index in [2.05, 4.69) is 56.9 Å². The molecule has 2 heteroatoms. The molecule has 2 nitrogen and oxygen atoms in total. The lowest BCUT2D eigenvalue weighted by atomic mass is 9.99. The van der Waals surface area contributed by atoms with Crippen LogP contribution in [0.5, 0.6) is 0 Å². The van der Waals surface area contributed by atoms with Crippen molar-refractivity contribution in [2.24, 2.45) is 17.6 Å². The number of hydrogen-bond donors (Lipinski definition) is 1. The van der Waals surface area contributed by atoms with Crippen LogP contribution in [0.1, 0.15) is 37.9 Å². The fraction of sp³-hybridized carbons (Fsp3) is 0.625. The van der Waals surface area contributed by atoms with Gasteiger partial charge < -0.3 is 5.73 Å². The summed E-state index contributed by atoms with van der Waals surface area (Å²) in [5.74, 6) is 1.58. The largest absolute Gasteiger partial charge is 0.323 e. The predicted molar refractivity (Wildman–Crippen MR) is 77.5 cm³/mol. The van der Waals surface area contributed by atoms with Gasteiger partial charge in [0, 0.05) is 25.2 Å². The normalized spacial score (nSPS) is 28.3. The molecule has 100 valence electrons. The van der Waals surface area contributed by atoms with Crippen LogP contribution in [-0.2, 0) is 0 Å². The maximum absolute atomic E-state index is 6.42. The molecule has 18 heavy (non-hydrogen) atoms. The van der Waals surface area contributed by atoms with Gasteiger partial charge in [0.2, 0.25) is 0 Å². The number of aryl methyl sites for hydroxylation is 1. The van der Waals surface area contributed by atoms with E-state index in [-0.39, 0.29) is 6.04 Å². The number of rotatable bonds is 3. The van der Waals surface area contributed by atoms with Crippen LogP contribution < -0.4 is 5.73 Å². The molecular formula is C16H26N2. The van der Waals surface area contributed by atoms with Crippen LogP contribution in [0.15, 0.2) is 24.3 Å². The minimum absolute atomic E-state index is 0.114. The Hall–Kier alpha value is -0.860. The Morgan fingerprint density at radius 1 is 1.11 bits per heavy atom. The SMILES string of the molecule is Cc1ccc(C(N)C(C)N2CC(C)C(C)C2)cc1. The van der Waals surface area contributed by atoms with Gasteiger partial charge in [0.25, 0.3) is 0 Å². The van der Waals surface area contributed by atoms with Crippen molar-refractivity contribution in [3.63, 3.8) is 0 Å². The molecule has 4 unspecified atom stereocenters. The van der Waals surface area contributed by atoms with Crippen molar-refractivity contribution in [2.75, 3.05) is 13.1 Å². The molecule has 1 saturated heterocycles. The highest BCUT2D eigenvalue weighted by molar-refractivity contribution is 5.24. The fourth-order valence-corrected chi connectivity index (χ4v) is 2.80. The second kappa shape index (κ2) is 5.41. The van der Waals surface area contributed by atoms with Crippen LogP contribution in [-0.4, -0.2) is 24.0 Å². The molecule has 1 aromatic rings. The van der Waals surface area contributed by atoms with Crippen LogP contribution in [0, 0.1) is 18.8 Å². The number of benzene rings is 1. The van der Waals surface area contributed by atoms with E-state index >= 15 is 0 Å². The van der Waals surface area contributed by atoms with Crippen LogP contribution in [0.4, 0.5) is 0 Å². The first kappa shape index (κ1) is 13.6. The van der Waals surface area contributed by atoms with Crippen molar-refractivity contribution in [3.8, 4) is 0 Å². The zero-order valence-corrected chi connectivity index (χ0v) is 12.1. The molecule has 0 aliphatic carbocycles. The molecule has 1 heterocycles. The lowest BCUT2D eigenvalue weighted by Crippen LogP contribution is -2.39. The predicted octanol–water partition coefficient (Wildman–Crippen LogP) is 2.97. The summed E-state index contributed by atoms with van der Waals surface area (Å²) in [6.45, 7) is 11.4. The van der Waals surface area contributed by atoms with Gasteiger partial charge in [-0.2, -0.15) is 0 Å². The van der Waals surface area contributed by atoms with E-state index in [0.717, 1.165) is 11.8 Å². The zero-order chi connectivity index (χ0) is 13.3. The van der Waals surface area contributed by atoms with Crippen LogP contribution >= 0.6 is 0 Å². The Bertz CT molecular complexity index is 375. The monoisotopic (exact) mass is 246 g/mol. The summed E-state index contributed by atoms with van der Waals surface area (Å²) in [4.78, 5) is 2.54. The summed E-state index contributed by atoms with van der Waals surface area (Å²) in [6.07, 6.45) is 0. The van der Waals surface area contributed by atoms with E-state index in [1.54, 1.807) is 0 Å². The van der Waals surface area contributed by atoms with Crippen molar-refractivity contribution < 1.29 is 0 Å². The molecule has 0 saturated carbocycles. The van der Waals surface area contributed by atoms with Crippen molar-refractivity contribution in [3.05, 3.63) is 35.4 Å². The Morgan fingerprint density at radius 3 is 2.11 bits per heavy atom. The molecule has 1 fully saturated rings. The molecule has 0 spiro atoms. The summed E-state index contributed by atoms with van der Waals surface area (Å²) >= 11 is 0.